The van der Waals surface area contributed by atoms with Crippen molar-refractivity contribution in [2.45, 2.75) is 25.8 Å². The van der Waals surface area contributed by atoms with E-state index in [4.69, 9.17) is 16.2 Å². The molecule has 0 unspecified atom stereocenters. The highest BCUT2D eigenvalue weighted by Crippen LogP contribution is 2.38. The van der Waals surface area contributed by atoms with Gasteiger partial charge in [0.25, 0.3) is 11.8 Å². The monoisotopic (exact) mass is 416 g/mol. The number of anilines is 1. The van der Waals surface area contributed by atoms with Crippen molar-refractivity contribution in [2.75, 3.05) is 11.9 Å². The molecule has 0 spiro atoms. The maximum absolute atomic E-state index is 12.2. The van der Waals surface area contributed by atoms with Gasteiger partial charge in [-0.05, 0) is 42.5 Å². The third-order valence-electron chi connectivity index (χ3n) is 4.41. The second-order valence-corrected chi connectivity index (χ2v) is 7.57. The number of ether oxygens (including phenoxy) is 1. The third-order valence-corrected chi connectivity index (χ3v) is 5.62. The molecule has 1 aliphatic carbocycles. The van der Waals surface area contributed by atoms with E-state index in [1.165, 1.54) is 23.5 Å². The molecule has 152 valence electrons. The molecule has 4 amide bonds. The Morgan fingerprint density at radius 1 is 1.07 bits per heavy atom. The molecule has 1 aromatic heterocycles. The number of carbonyl (C=O) groups is 4. The molecule has 0 saturated carbocycles. The summed E-state index contributed by atoms with van der Waals surface area (Å²) in [5.74, 6) is -1.80. The number of benzene rings is 1. The Kier molecular flexibility index (Phi) is 6.13. The van der Waals surface area contributed by atoms with Gasteiger partial charge in [-0.3, -0.25) is 9.59 Å². The highest BCUT2D eigenvalue weighted by molar-refractivity contribution is 7.17. The Balaban J connectivity index is 1.55. The van der Waals surface area contributed by atoms with Crippen LogP contribution in [0.2, 0.25) is 0 Å². The van der Waals surface area contributed by atoms with E-state index >= 15 is 0 Å². The number of hydrogen-bond donors (Lipinski definition) is 4. The van der Waals surface area contributed by atoms with Crippen LogP contribution >= 0.6 is 11.3 Å². The van der Waals surface area contributed by atoms with Gasteiger partial charge in [-0.2, -0.15) is 0 Å². The summed E-state index contributed by atoms with van der Waals surface area (Å²) in [6, 6.07) is 5.67. The van der Waals surface area contributed by atoms with E-state index in [0.717, 1.165) is 35.3 Å². The highest BCUT2D eigenvalue weighted by Gasteiger charge is 2.26. The van der Waals surface area contributed by atoms with E-state index in [2.05, 4.69) is 10.6 Å². The summed E-state index contributed by atoms with van der Waals surface area (Å²) in [5, 5.41) is 5.45. The Morgan fingerprint density at radius 2 is 1.79 bits per heavy atom. The zero-order valence-corrected chi connectivity index (χ0v) is 16.3. The van der Waals surface area contributed by atoms with Crippen molar-refractivity contribution in [2.24, 2.45) is 11.5 Å². The number of nitrogens with two attached hydrogens (primary N) is 2. The number of hydrogen-bond acceptors (Lipinski definition) is 6. The van der Waals surface area contributed by atoms with Gasteiger partial charge >= 0.3 is 12.0 Å². The van der Waals surface area contributed by atoms with Crippen molar-refractivity contribution >= 4 is 40.2 Å². The van der Waals surface area contributed by atoms with Gasteiger partial charge in [-0.1, -0.05) is 12.1 Å². The molecule has 0 radical (unpaired) electrons. The molecule has 2 aromatic rings. The van der Waals surface area contributed by atoms with E-state index in [0.29, 0.717) is 10.6 Å². The first-order valence-corrected chi connectivity index (χ1v) is 9.70. The van der Waals surface area contributed by atoms with Crippen molar-refractivity contribution in [3.8, 4) is 0 Å². The first kappa shape index (κ1) is 20.3. The second kappa shape index (κ2) is 8.74. The quantitative estimate of drug-likeness (QED) is 0.501. The lowest BCUT2D eigenvalue weighted by Crippen LogP contribution is -2.28. The number of carbonyl (C=O) groups excluding carboxylic acids is 4. The summed E-state index contributed by atoms with van der Waals surface area (Å²) in [7, 11) is 0. The number of nitrogens with one attached hydrogen (secondary N) is 2. The zero-order chi connectivity index (χ0) is 21.0. The van der Waals surface area contributed by atoms with E-state index in [-0.39, 0.29) is 12.1 Å². The summed E-state index contributed by atoms with van der Waals surface area (Å²) in [6.45, 7) is -0.259. The van der Waals surface area contributed by atoms with Crippen LogP contribution in [0.3, 0.4) is 0 Å². The van der Waals surface area contributed by atoms with Crippen LogP contribution in [0, 0.1) is 0 Å². The summed E-state index contributed by atoms with van der Waals surface area (Å²) >= 11 is 1.33. The minimum Gasteiger partial charge on any atom is -0.452 e. The van der Waals surface area contributed by atoms with E-state index in [1.54, 1.807) is 12.1 Å². The first-order valence-electron chi connectivity index (χ1n) is 8.88. The zero-order valence-electron chi connectivity index (χ0n) is 15.4. The summed E-state index contributed by atoms with van der Waals surface area (Å²) in [5.41, 5.74) is 12.7. The minimum absolute atomic E-state index is 0.236. The Bertz CT molecular complexity index is 968. The summed E-state index contributed by atoms with van der Waals surface area (Å²) in [6.07, 6.45) is 2.58. The lowest BCUT2D eigenvalue weighted by atomic mass is 10.1. The molecule has 1 heterocycles. The average Bonchev–Trinajstić information content (AvgIpc) is 3.25. The van der Waals surface area contributed by atoms with Gasteiger partial charge in [-0.15, -0.1) is 11.3 Å². The van der Waals surface area contributed by atoms with Crippen LogP contribution in [-0.2, 0) is 28.9 Å². The largest absolute Gasteiger partial charge is 0.452 e. The second-order valence-electron chi connectivity index (χ2n) is 6.46. The van der Waals surface area contributed by atoms with Crippen molar-refractivity contribution in [3.63, 3.8) is 0 Å². The average molecular weight is 416 g/mol. The van der Waals surface area contributed by atoms with Crippen molar-refractivity contribution < 1.29 is 23.9 Å². The van der Waals surface area contributed by atoms with Crippen LogP contribution in [-0.4, -0.2) is 30.4 Å². The van der Waals surface area contributed by atoms with Crippen LogP contribution < -0.4 is 22.1 Å². The Morgan fingerprint density at radius 3 is 2.45 bits per heavy atom. The molecular weight excluding hydrogens is 396 g/mol. The predicted molar refractivity (Wildman–Crippen MR) is 107 cm³/mol. The lowest BCUT2D eigenvalue weighted by Gasteiger charge is -2.08. The van der Waals surface area contributed by atoms with Gasteiger partial charge in [0.15, 0.2) is 6.61 Å². The standard InChI is InChI=1S/C19H20N4O5S/c20-16(25)15-12-2-1-3-13(12)29-17(15)23-14(24)9-28-18(26)11-6-4-10(5-7-11)8-22-19(21)27/h4-7H,1-3,8-9H2,(H2,20,25)(H,23,24)(H3,21,22,27). The van der Waals surface area contributed by atoms with Crippen LogP contribution in [0.4, 0.5) is 9.80 Å². The Hall–Kier alpha value is -3.40. The van der Waals surface area contributed by atoms with Gasteiger partial charge < -0.3 is 26.8 Å². The van der Waals surface area contributed by atoms with E-state index in [9.17, 15) is 19.2 Å². The van der Waals surface area contributed by atoms with Crippen LogP contribution in [0.25, 0.3) is 0 Å². The number of aryl methyl sites for hydroxylation is 1. The molecule has 1 aliphatic rings. The topological polar surface area (TPSA) is 154 Å². The smallest absolute Gasteiger partial charge is 0.338 e. The molecule has 0 fully saturated rings. The molecule has 29 heavy (non-hydrogen) atoms. The number of amides is 4. The Labute approximate surface area is 170 Å². The number of esters is 1. The fourth-order valence-electron chi connectivity index (χ4n) is 3.08. The number of urea groups is 1. The maximum atomic E-state index is 12.2. The summed E-state index contributed by atoms with van der Waals surface area (Å²) in [4.78, 5) is 47.8. The number of thiophene rings is 1. The number of fused-ring (bicyclic) bond motifs is 1. The fourth-order valence-corrected chi connectivity index (χ4v) is 4.39. The molecule has 3 rings (SSSR count). The van der Waals surface area contributed by atoms with Crippen molar-refractivity contribution in [3.05, 3.63) is 51.4 Å². The van der Waals surface area contributed by atoms with Gasteiger partial charge in [0, 0.05) is 11.4 Å². The molecule has 0 saturated heterocycles. The van der Waals surface area contributed by atoms with Crippen LogP contribution in [0.15, 0.2) is 24.3 Å². The highest BCUT2D eigenvalue weighted by atomic mass is 32.1. The molecule has 9 nitrogen and oxygen atoms in total. The molecular formula is C19H20N4O5S. The van der Waals surface area contributed by atoms with Gasteiger partial charge in [0.1, 0.15) is 5.00 Å². The SMILES string of the molecule is NC(=O)NCc1ccc(C(=O)OCC(=O)Nc2sc3c(c2C(N)=O)CCC3)cc1. The molecule has 6 N–H and O–H groups in total. The van der Waals surface area contributed by atoms with Gasteiger partial charge in [0.05, 0.1) is 11.1 Å². The first-order chi connectivity index (χ1) is 13.8. The third kappa shape index (κ3) is 4.91. The molecule has 0 aliphatic heterocycles. The van der Waals surface area contributed by atoms with E-state index in [1.807, 2.05) is 0 Å². The molecule has 1 aromatic carbocycles. The fraction of sp³-hybridized carbons (Fsp3) is 0.263. The normalized spacial score (nSPS) is 12.1. The molecule has 10 heteroatoms. The van der Waals surface area contributed by atoms with Gasteiger partial charge in [-0.25, -0.2) is 9.59 Å². The number of primary amides is 2. The maximum Gasteiger partial charge on any atom is 0.338 e. The van der Waals surface area contributed by atoms with E-state index < -0.39 is 30.4 Å². The van der Waals surface area contributed by atoms with Crippen molar-refractivity contribution in [1.29, 1.82) is 0 Å². The van der Waals surface area contributed by atoms with Gasteiger partial charge in [0.2, 0.25) is 0 Å². The van der Waals surface area contributed by atoms with Crippen LogP contribution in [0.1, 0.15) is 43.1 Å². The lowest BCUT2D eigenvalue weighted by molar-refractivity contribution is -0.119. The minimum atomic E-state index is -0.668. The predicted octanol–water partition coefficient (Wildman–Crippen LogP) is 1.30. The summed E-state index contributed by atoms with van der Waals surface area (Å²) < 4.78 is 5.03. The molecule has 0 atom stereocenters. The van der Waals surface area contributed by atoms with Crippen molar-refractivity contribution in [1.82, 2.24) is 5.32 Å². The molecule has 0 bridgehead atoms. The van der Waals surface area contributed by atoms with Crippen LogP contribution in [0.5, 0.6) is 0 Å². The number of rotatable bonds is 7.